The van der Waals surface area contributed by atoms with Gasteiger partial charge in [-0.3, -0.25) is 9.80 Å². The van der Waals surface area contributed by atoms with Crippen LogP contribution in [0.2, 0.25) is 0 Å². The van der Waals surface area contributed by atoms with Crippen molar-refractivity contribution >= 4 is 0 Å². The minimum absolute atomic E-state index is 0.252. The van der Waals surface area contributed by atoms with Crippen LogP contribution in [-0.2, 0) is 6.54 Å². The molecular weight excluding hydrogens is 256 g/mol. The first-order valence-corrected chi connectivity index (χ1v) is 7.20. The molecule has 0 saturated carbocycles. The van der Waals surface area contributed by atoms with Crippen LogP contribution in [0.4, 0.5) is 0 Å². The highest BCUT2D eigenvalue weighted by molar-refractivity contribution is 4.84. The SMILES string of the molecule is C=CCCC(O)CN1CCN(Cc2nc(C)no2)CC1. The number of β-amino-alcohol motifs (C(OH)–C–C–N with tert-alkyl or cyclic N) is 1. The molecule has 1 N–H and O–H groups in total. The molecule has 1 aliphatic rings. The molecule has 0 radical (unpaired) electrons. The Labute approximate surface area is 120 Å². The van der Waals surface area contributed by atoms with Crippen LogP contribution in [0.15, 0.2) is 17.2 Å². The van der Waals surface area contributed by atoms with Gasteiger partial charge in [0.2, 0.25) is 5.89 Å². The van der Waals surface area contributed by atoms with Crippen LogP contribution in [0.1, 0.15) is 24.6 Å². The number of hydrogen-bond acceptors (Lipinski definition) is 6. The number of aromatic nitrogens is 2. The summed E-state index contributed by atoms with van der Waals surface area (Å²) in [6.45, 7) is 10.9. The van der Waals surface area contributed by atoms with Crippen molar-refractivity contribution in [2.75, 3.05) is 32.7 Å². The van der Waals surface area contributed by atoms with Gasteiger partial charge in [0, 0.05) is 32.7 Å². The lowest BCUT2D eigenvalue weighted by Crippen LogP contribution is -2.48. The Morgan fingerprint density at radius 1 is 1.35 bits per heavy atom. The van der Waals surface area contributed by atoms with Crippen molar-refractivity contribution in [2.24, 2.45) is 0 Å². The number of allylic oxidation sites excluding steroid dienone is 1. The third-order valence-electron chi connectivity index (χ3n) is 3.57. The molecule has 0 aliphatic carbocycles. The third kappa shape index (κ3) is 4.70. The van der Waals surface area contributed by atoms with E-state index in [2.05, 4.69) is 26.5 Å². The molecule has 6 heteroatoms. The van der Waals surface area contributed by atoms with Gasteiger partial charge in [-0.25, -0.2) is 0 Å². The zero-order valence-electron chi connectivity index (χ0n) is 12.2. The molecule has 112 valence electrons. The number of aryl methyl sites for hydroxylation is 1. The summed E-state index contributed by atoms with van der Waals surface area (Å²) < 4.78 is 5.14. The molecule has 1 fully saturated rings. The largest absolute Gasteiger partial charge is 0.392 e. The van der Waals surface area contributed by atoms with E-state index >= 15 is 0 Å². The molecule has 1 unspecified atom stereocenters. The summed E-state index contributed by atoms with van der Waals surface area (Å²) >= 11 is 0. The van der Waals surface area contributed by atoms with E-state index in [0.717, 1.165) is 45.6 Å². The maximum atomic E-state index is 9.90. The fourth-order valence-corrected chi connectivity index (χ4v) is 2.43. The Balaban J connectivity index is 1.68. The lowest BCUT2D eigenvalue weighted by atomic mass is 10.1. The Morgan fingerprint density at radius 3 is 2.65 bits per heavy atom. The Morgan fingerprint density at radius 2 is 2.05 bits per heavy atom. The Bertz CT molecular complexity index is 413. The fourth-order valence-electron chi connectivity index (χ4n) is 2.43. The lowest BCUT2D eigenvalue weighted by Gasteiger charge is -2.34. The second-order valence-corrected chi connectivity index (χ2v) is 5.33. The van der Waals surface area contributed by atoms with E-state index in [1.165, 1.54) is 0 Å². The predicted molar refractivity (Wildman–Crippen MR) is 76.2 cm³/mol. The van der Waals surface area contributed by atoms with Crippen molar-refractivity contribution in [1.29, 1.82) is 0 Å². The lowest BCUT2D eigenvalue weighted by molar-refractivity contribution is 0.0634. The highest BCUT2D eigenvalue weighted by Crippen LogP contribution is 2.09. The predicted octanol–water partition coefficient (Wildman–Crippen LogP) is 0.823. The van der Waals surface area contributed by atoms with Crippen molar-refractivity contribution in [3.05, 3.63) is 24.4 Å². The van der Waals surface area contributed by atoms with Gasteiger partial charge < -0.3 is 9.63 Å². The molecule has 1 atom stereocenters. The summed E-state index contributed by atoms with van der Waals surface area (Å²) in [5.74, 6) is 1.37. The third-order valence-corrected chi connectivity index (χ3v) is 3.57. The standard InChI is InChI=1S/C14H24N4O2/c1-3-4-5-13(19)10-17-6-8-18(9-7-17)11-14-15-12(2)16-20-14/h3,13,19H,1,4-11H2,2H3. The van der Waals surface area contributed by atoms with Crippen LogP contribution < -0.4 is 0 Å². The van der Waals surface area contributed by atoms with E-state index in [4.69, 9.17) is 4.52 Å². The number of nitrogens with zero attached hydrogens (tertiary/aromatic N) is 4. The number of hydrogen-bond donors (Lipinski definition) is 1. The molecular formula is C14H24N4O2. The summed E-state index contributed by atoms with van der Waals surface area (Å²) in [6.07, 6.45) is 3.27. The monoisotopic (exact) mass is 280 g/mol. The van der Waals surface area contributed by atoms with Crippen LogP contribution in [0.25, 0.3) is 0 Å². The van der Waals surface area contributed by atoms with Crippen molar-refractivity contribution in [3.63, 3.8) is 0 Å². The molecule has 1 aliphatic heterocycles. The van der Waals surface area contributed by atoms with Crippen molar-refractivity contribution in [1.82, 2.24) is 19.9 Å². The van der Waals surface area contributed by atoms with Gasteiger partial charge in [0.15, 0.2) is 5.82 Å². The summed E-state index contributed by atoms with van der Waals surface area (Å²) in [5, 5.41) is 13.7. The maximum absolute atomic E-state index is 9.90. The van der Waals surface area contributed by atoms with E-state index < -0.39 is 0 Å². The zero-order valence-corrected chi connectivity index (χ0v) is 12.2. The molecule has 0 spiro atoms. The van der Waals surface area contributed by atoms with Crippen LogP contribution >= 0.6 is 0 Å². The van der Waals surface area contributed by atoms with Crippen LogP contribution in [0, 0.1) is 6.92 Å². The first-order chi connectivity index (χ1) is 9.67. The Hall–Kier alpha value is -1.24. The van der Waals surface area contributed by atoms with Gasteiger partial charge >= 0.3 is 0 Å². The number of aliphatic hydroxyl groups is 1. The summed E-state index contributed by atoms with van der Waals surface area (Å²) in [5.41, 5.74) is 0. The van der Waals surface area contributed by atoms with Gasteiger partial charge in [0.05, 0.1) is 12.6 Å². The van der Waals surface area contributed by atoms with Gasteiger partial charge in [0.25, 0.3) is 0 Å². The fraction of sp³-hybridized carbons (Fsp3) is 0.714. The molecule has 1 aromatic heterocycles. The summed E-state index contributed by atoms with van der Waals surface area (Å²) in [7, 11) is 0. The van der Waals surface area contributed by atoms with Gasteiger partial charge in [-0.15, -0.1) is 6.58 Å². The minimum Gasteiger partial charge on any atom is -0.392 e. The quantitative estimate of drug-likeness (QED) is 0.746. The minimum atomic E-state index is -0.252. The molecule has 1 saturated heterocycles. The van der Waals surface area contributed by atoms with Crippen LogP contribution in [0.3, 0.4) is 0 Å². The molecule has 2 rings (SSSR count). The molecule has 20 heavy (non-hydrogen) atoms. The van der Waals surface area contributed by atoms with Gasteiger partial charge in [-0.05, 0) is 19.8 Å². The van der Waals surface area contributed by atoms with E-state index in [-0.39, 0.29) is 6.10 Å². The van der Waals surface area contributed by atoms with Crippen molar-refractivity contribution < 1.29 is 9.63 Å². The van der Waals surface area contributed by atoms with E-state index in [1.54, 1.807) is 0 Å². The first kappa shape index (κ1) is 15.2. The maximum Gasteiger partial charge on any atom is 0.240 e. The topological polar surface area (TPSA) is 65.6 Å². The second kappa shape index (κ2) is 7.52. The molecule has 0 amide bonds. The number of aliphatic hydroxyl groups excluding tert-OH is 1. The molecule has 1 aromatic rings. The zero-order chi connectivity index (χ0) is 14.4. The molecule has 0 bridgehead atoms. The van der Waals surface area contributed by atoms with E-state index in [1.807, 2.05) is 13.0 Å². The number of piperazine rings is 1. The molecule has 2 heterocycles. The average molecular weight is 280 g/mol. The van der Waals surface area contributed by atoms with Gasteiger partial charge in [-0.2, -0.15) is 4.98 Å². The average Bonchev–Trinajstić information content (AvgIpc) is 2.84. The van der Waals surface area contributed by atoms with Gasteiger partial charge in [-0.1, -0.05) is 11.2 Å². The smallest absolute Gasteiger partial charge is 0.240 e. The first-order valence-electron chi connectivity index (χ1n) is 7.20. The normalized spacial score (nSPS) is 19.1. The van der Waals surface area contributed by atoms with E-state index in [9.17, 15) is 5.11 Å². The number of rotatable bonds is 7. The van der Waals surface area contributed by atoms with Crippen molar-refractivity contribution in [2.45, 2.75) is 32.4 Å². The highest BCUT2D eigenvalue weighted by Gasteiger charge is 2.20. The Kier molecular flexibility index (Phi) is 5.70. The summed E-state index contributed by atoms with van der Waals surface area (Å²) in [6, 6.07) is 0. The highest BCUT2D eigenvalue weighted by atomic mass is 16.5. The van der Waals surface area contributed by atoms with Crippen molar-refractivity contribution in [3.8, 4) is 0 Å². The summed E-state index contributed by atoms with van der Waals surface area (Å²) in [4.78, 5) is 8.84. The second-order valence-electron chi connectivity index (χ2n) is 5.33. The van der Waals surface area contributed by atoms with E-state index in [0.29, 0.717) is 18.3 Å². The van der Waals surface area contributed by atoms with Crippen LogP contribution in [-0.4, -0.2) is 63.9 Å². The van der Waals surface area contributed by atoms with Crippen LogP contribution in [0.5, 0.6) is 0 Å². The molecule has 0 aromatic carbocycles. The van der Waals surface area contributed by atoms with Gasteiger partial charge in [0.1, 0.15) is 0 Å². The molecule has 6 nitrogen and oxygen atoms in total.